The van der Waals surface area contributed by atoms with Crippen LogP contribution in [0.25, 0.3) is 10.8 Å². The topological polar surface area (TPSA) is 12.4 Å². The van der Waals surface area contributed by atoms with Crippen LogP contribution in [-0.2, 0) is 13.0 Å². The Labute approximate surface area is 119 Å². The first-order valence-corrected chi connectivity index (χ1v) is 6.92. The van der Waals surface area contributed by atoms with E-state index in [2.05, 4.69) is 71.7 Å². The summed E-state index contributed by atoms with van der Waals surface area (Å²) in [5.74, 6) is 0. The summed E-state index contributed by atoms with van der Waals surface area (Å²) in [7, 11) is 0. The van der Waals surface area contributed by atoms with Gasteiger partial charge in [-0.25, -0.2) is 0 Å². The molecule has 0 heterocycles. The third kappa shape index (κ3) is 2.94. The molecular formula is C19H17N. The first kappa shape index (κ1) is 12.6. The maximum Gasteiger partial charge on any atom is 0.0635 e. The lowest BCUT2D eigenvalue weighted by atomic mass is 10.0. The highest BCUT2D eigenvalue weighted by molar-refractivity contribution is 5.87. The molecule has 0 fully saturated rings. The minimum absolute atomic E-state index is 0.756. The molecule has 0 saturated heterocycles. The van der Waals surface area contributed by atoms with Crippen molar-refractivity contribution in [3.8, 4) is 0 Å². The van der Waals surface area contributed by atoms with E-state index in [-0.39, 0.29) is 0 Å². The number of nitrogens with zero attached hydrogens (tertiary/aromatic N) is 1. The lowest BCUT2D eigenvalue weighted by molar-refractivity contribution is 1.07. The third-order valence-electron chi connectivity index (χ3n) is 3.44. The van der Waals surface area contributed by atoms with Crippen molar-refractivity contribution in [3.05, 3.63) is 83.9 Å². The molecule has 0 atom stereocenters. The monoisotopic (exact) mass is 259 g/mol. The molecule has 0 spiro atoms. The number of fused-ring (bicyclic) bond motifs is 1. The van der Waals surface area contributed by atoms with E-state index in [1.807, 2.05) is 12.3 Å². The largest absolute Gasteiger partial charge is 0.292 e. The van der Waals surface area contributed by atoms with Crippen LogP contribution in [0.15, 0.2) is 77.8 Å². The molecule has 20 heavy (non-hydrogen) atoms. The lowest BCUT2D eigenvalue weighted by Crippen LogP contribution is -1.89. The van der Waals surface area contributed by atoms with Gasteiger partial charge < -0.3 is 0 Å². The van der Waals surface area contributed by atoms with Gasteiger partial charge in [0.1, 0.15) is 0 Å². The molecule has 3 rings (SSSR count). The van der Waals surface area contributed by atoms with Crippen molar-refractivity contribution >= 4 is 17.0 Å². The predicted octanol–water partition coefficient (Wildman–Crippen LogP) is 4.65. The summed E-state index contributed by atoms with van der Waals surface area (Å²) in [6.07, 6.45) is 2.91. The molecule has 1 nitrogen and oxygen atoms in total. The molecule has 0 aliphatic carbocycles. The quantitative estimate of drug-likeness (QED) is 0.605. The Bertz CT molecular complexity index is 709. The van der Waals surface area contributed by atoms with E-state index in [4.69, 9.17) is 0 Å². The zero-order valence-electron chi connectivity index (χ0n) is 11.4. The molecule has 0 aliphatic heterocycles. The van der Waals surface area contributed by atoms with Crippen LogP contribution in [0.5, 0.6) is 0 Å². The van der Waals surface area contributed by atoms with Crippen molar-refractivity contribution in [3.63, 3.8) is 0 Å². The minimum Gasteiger partial charge on any atom is -0.292 e. The van der Waals surface area contributed by atoms with Crippen molar-refractivity contribution in [2.45, 2.75) is 13.0 Å². The predicted molar refractivity (Wildman–Crippen MR) is 86.3 cm³/mol. The smallest absolute Gasteiger partial charge is 0.0635 e. The molecule has 0 aromatic heterocycles. The van der Waals surface area contributed by atoms with Gasteiger partial charge in [0.05, 0.1) is 6.54 Å². The summed E-state index contributed by atoms with van der Waals surface area (Å²) in [5, 5.41) is 2.61. The van der Waals surface area contributed by atoms with Gasteiger partial charge in [-0.3, -0.25) is 4.99 Å². The zero-order valence-corrected chi connectivity index (χ0v) is 11.4. The van der Waals surface area contributed by atoms with Crippen LogP contribution in [0.2, 0.25) is 0 Å². The van der Waals surface area contributed by atoms with Gasteiger partial charge >= 0.3 is 0 Å². The molecule has 1 heteroatoms. The summed E-state index contributed by atoms with van der Waals surface area (Å²) in [6.45, 7) is 0.756. The lowest BCUT2D eigenvalue weighted by Gasteiger charge is -2.03. The van der Waals surface area contributed by atoms with E-state index in [0.717, 1.165) is 13.0 Å². The average molecular weight is 259 g/mol. The van der Waals surface area contributed by atoms with E-state index in [9.17, 15) is 0 Å². The number of benzene rings is 3. The molecule has 3 aromatic carbocycles. The van der Waals surface area contributed by atoms with Gasteiger partial charge in [0.25, 0.3) is 0 Å². The van der Waals surface area contributed by atoms with E-state index >= 15 is 0 Å². The van der Waals surface area contributed by atoms with Crippen LogP contribution < -0.4 is 0 Å². The van der Waals surface area contributed by atoms with Crippen LogP contribution in [0.4, 0.5) is 0 Å². The summed E-state index contributed by atoms with van der Waals surface area (Å²) in [4.78, 5) is 4.52. The van der Waals surface area contributed by atoms with Gasteiger partial charge in [0.2, 0.25) is 0 Å². The Morgan fingerprint density at radius 2 is 1.50 bits per heavy atom. The zero-order chi connectivity index (χ0) is 13.6. The van der Waals surface area contributed by atoms with Gasteiger partial charge in [-0.15, -0.1) is 0 Å². The average Bonchev–Trinajstić information content (AvgIpc) is 2.53. The Morgan fingerprint density at radius 3 is 2.40 bits per heavy atom. The number of aliphatic imine (C=N–C) groups is 1. The Balaban J connectivity index is 1.71. The van der Waals surface area contributed by atoms with E-state index in [1.165, 1.54) is 21.9 Å². The van der Waals surface area contributed by atoms with E-state index in [1.54, 1.807) is 0 Å². The van der Waals surface area contributed by atoms with Crippen molar-refractivity contribution < 1.29 is 0 Å². The summed E-state index contributed by atoms with van der Waals surface area (Å²) >= 11 is 0. The molecule has 0 radical (unpaired) electrons. The Hall–Kier alpha value is -2.41. The molecule has 98 valence electrons. The van der Waals surface area contributed by atoms with Crippen LogP contribution >= 0.6 is 0 Å². The second-order valence-corrected chi connectivity index (χ2v) is 4.85. The maximum atomic E-state index is 4.52. The maximum absolute atomic E-state index is 4.52. The molecule has 0 amide bonds. The number of rotatable bonds is 4. The highest BCUT2D eigenvalue weighted by atomic mass is 14.7. The van der Waals surface area contributed by atoms with Crippen LogP contribution in [0.1, 0.15) is 11.1 Å². The van der Waals surface area contributed by atoms with Crippen LogP contribution in [-0.4, -0.2) is 6.21 Å². The summed E-state index contributed by atoms with van der Waals surface area (Å²) < 4.78 is 0. The van der Waals surface area contributed by atoms with Gasteiger partial charge in [0.15, 0.2) is 0 Å². The summed E-state index contributed by atoms with van der Waals surface area (Å²) in [6, 6.07) is 25.3. The fourth-order valence-electron chi connectivity index (χ4n) is 2.39. The Morgan fingerprint density at radius 1 is 0.750 bits per heavy atom. The van der Waals surface area contributed by atoms with Crippen LogP contribution in [0.3, 0.4) is 0 Å². The number of hydrogen-bond donors (Lipinski definition) is 0. The molecular weight excluding hydrogens is 242 g/mol. The highest BCUT2D eigenvalue weighted by Gasteiger charge is 1.97. The molecule has 3 aromatic rings. The van der Waals surface area contributed by atoms with Crippen molar-refractivity contribution in [1.29, 1.82) is 0 Å². The van der Waals surface area contributed by atoms with Gasteiger partial charge in [-0.2, -0.15) is 0 Å². The minimum atomic E-state index is 0.756. The van der Waals surface area contributed by atoms with E-state index in [0.29, 0.717) is 0 Å². The normalized spacial score (nSPS) is 11.2. The fraction of sp³-hybridized carbons (Fsp3) is 0.105. The molecule has 0 bridgehead atoms. The second-order valence-electron chi connectivity index (χ2n) is 4.85. The SMILES string of the molecule is C(Cc1cccc2ccccc12)=NCc1ccccc1. The van der Waals surface area contributed by atoms with Crippen LogP contribution in [0, 0.1) is 0 Å². The van der Waals surface area contributed by atoms with Gasteiger partial charge in [0, 0.05) is 12.6 Å². The van der Waals surface area contributed by atoms with Gasteiger partial charge in [-0.1, -0.05) is 72.8 Å². The number of hydrogen-bond acceptors (Lipinski definition) is 1. The fourth-order valence-corrected chi connectivity index (χ4v) is 2.39. The highest BCUT2D eigenvalue weighted by Crippen LogP contribution is 2.18. The first-order valence-electron chi connectivity index (χ1n) is 6.92. The van der Waals surface area contributed by atoms with Crippen molar-refractivity contribution in [1.82, 2.24) is 0 Å². The van der Waals surface area contributed by atoms with Crippen molar-refractivity contribution in [2.24, 2.45) is 4.99 Å². The third-order valence-corrected chi connectivity index (χ3v) is 3.44. The molecule has 0 aliphatic rings. The Kier molecular flexibility index (Phi) is 3.88. The second kappa shape index (κ2) is 6.16. The summed E-state index contributed by atoms with van der Waals surface area (Å²) in [5.41, 5.74) is 2.58. The standard InChI is InChI=1S/C19H17N/c1-2-7-16(8-3-1)15-20-14-13-18-11-6-10-17-9-4-5-12-19(17)18/h1-12,14H,13,15H2. The molecule has 0 unspecified atom stereocenters. The first-order chi connectivity index (χ1) is 9.93. The van der Waals surface area contributed by atoms with Gasteiger partial charge in [-0.05, 0) is 21.9 Å². The molecule has 0 N–H and O–H groups in total. The van der Waals surface area contributed by atoms with E-state index < -0.39 is 0 Å². The van der Waals surface area contributed by atoms with Crippen molar-refractivity contribution in [2.75, 3.05) is 0 Å². The molecule has 0 saturated carbocycles.